The van der Waals surface area contributed by atoms with Crippen molar-refractivity contribution in [3.05, 3.63) is 153 Å². The fraction of sp³-hybridized carbons (Fsp3) is 0.218. The second-order valence-electron chi connectivity index (χ2n) is 18.1. The summed E-state index contributed by atoms with van der Waals surface area (Å²) in [7, 11) is 0. The molecule has 306 valence electrons. The molecule has 2 aliphatic heterocycles. The molecule has 10 rings (SSSR count). The molecular formula is C55H46N2O5. The zero-order valence-electron chi connectivity index (χ0n) is 36.1. The second kappa shape index (κ2) is 14.0. The third kappa shape index (κ3) is 5.33. The van der Waals surface area contributed by atoms with Gasteiger partial charge < -0.3 is 0 Å². The van der Waals surface area contributed by atoms with Crippen LogP contribution < -0.4 is 9.80 Å². The van der Waals surface area contributed by atoms with E-state index in [0.29, 0.717) is 50.0 Å². The van der Waals surface area contributed by atoms with E-state index in [1.165, 1.54) is 9.80 Å². The molecule has 62 heavy (non-hydrogen) atoms. The number of hydrogen-bond donors (Lipinski definition) is 0. The average molecular weight is 815 g/mol. The molecule has 2 heterocycles. The number of carbonyl (C=O) groups excluding carboxylic acids is 5. The Bertz CT molecular complexity index is 3220. The van der Waals surface area contributed by atoms with Crippen LogP contribution in [0.2, 0.25) is 0 Å². The molecule has 2 aliphatic rings. The molecule has 0 aliphatic carbocycles. The summed E-state index contributed by atoms with van der Waals surface area (Å²) >= 11 is 0. The average Bonchev–Trinajstić information content (AvgIpc) is 3.26. The molecule has 0 atom stereocenters. The van der Waals surface area contributed by atoms with Crippen LogP contribution in [0.15, 0.2) is 103 Å². The summed E-state index contributed by atoms with van der Waals surface area (Å²) in [5.74, 6) is -1.33. The van der Waals surface area contributed by atoms with Crippen LogP contribution in [0.1, 0.15) is 153 Å². The smallest absolute Gasteiger partial charge is 0.266 e. The summed E-state index contributed by atoms with van der Waals surface area (Å²) in [5.41, 5.74) is 8.71. The van der Waals surface area contributed by atoms with Crippen molar-refractivity contribution in [3.63, 3.8) is 0 Å². The Labute approximate surface area is 360 Å². The maximum Gasteiger partial charge on any atom is 0.266 e. The lowest BCUT2D eigenvalue weighted by Gasteiger charge is -2.34. The summed E-state index contributed by atoms with van der Waals surface area (Å²) in [6.07, 6.45) is 0.799. The summed E-state index contributed by atoms with van der Waals surface area (Å²) in [5, 5.41) is 5.90. The van der Waals surface area contributed by atoms with Crippen molar-refractivity contribution in [2.45, 2.75) is 79.1 Å². The summed E-state index contributed by atoms with van der Waals surface area (Å²) in [6, 6.07) is 32.5. The van der Waals surface area contributed by atoms with E-state index in [-0.39, 0.29) is 41.4 Å². The minimum Gasteiger partial charge on any atom is -0.298 e. The number of para-hydroxylation sites is 2. The highest BCUT2D eigenvalue weighted by Gasteiger charge is 2.41. The first-order valence-corrected chi connectivity index (χ1v) is 21.6. The van der Waals surface area contributed by atoms with E-state index in [4.69, 9.17) is 0 Å². The van der Waals surface area contributed by atoms with E-state index >= 15 is 9.59 Å². The van der Waals surface area contributed by atoms with Crippen molar-refractivity contribution in [1.82, 2.24) is 0 Å². The van der Waals surface area contributed by atoms with Crippen LogP contribution in [0.4, 0.5) is 11.4 Å². The lowest BCUT2D eigenvalue weighted by molar-refractivity contribution is 0.0877. The molecule has 7 heteroatoms. The molecule has 8 aromatic rings. The van der Waals surface area contributed by atoms with Gasteiger partial charge in [-0.25, -0.2) is 9.80 Å². The van der Waals surface area contributed by atoms with Gasteiger partial charge in [0.2, 0.25) is 0 Å². The van der Waals surface area contributed by atoms with Gasteiger partial charge in [-0.3, -0.25) is 24.0 Å². The second-order valence-corrected chi connectivity index (χ2v) is 18.1. The number of benzene rings is 8. The van der Waals surface area contributed by atoms with Gasteiger partial charge in [-0.15, -0.1) is 0 Å². The number of amides is 4. The quantitative estimate of drug-likeness (QED) is 0.0659. The fourth-order valence-corrected chi connectivity index (χ4v) is 10.3. The Morgan fingerprint density at radius 1 is 0.387 bits per heavy atom. The van der Waals surface area contributed by atoms with Gasteiger partial charge in [0.05, 0.1) is 11.4 Å². The zero-order valence-corrected chi connectivity index (χ0v) is 36.1. The first kappa shape index (κ1) is 39.2. The highest BCUT2D eigenvalue weighted by Crippen LogP contribution is 2.51. The monoisotopic (exact) mass is 814 g/mol. The number of nitrogens with zero attached hydrogens (tertiary/aromatic N) is 2. The highest BCUT2D eigenvalue weighted by molar-refractivity contribution is 6.46. The third-order valence-electron chi connectivity index (χ3n) is 13.2. The topological polar surface area (TPSA) is 91.8 Å². The van der Waals surface area contributed by atoms with Gasteiger partial charge >= 0.3 is 0 Å². The third-order valence-corrected chi connectivity index (χ3v) is 13.2. The molecule has 0 fully saturated rings. The van der Waals surface area contributed by atoms with Crippen LogP contribution in [-0.4, -0.2) is 29.9 Å². The highest BCUT2D eigenvalue weighted by atomic mass is 16.2. The van der Waals surface area contributed by atoms with E-state index in [9.17, 15) is 14.4 Å². The van der Waals surface area contributed by atoms with Crippen LogP contribution >= 0.6 is 0 Å². The molecule has 0 N–H and O–H groups in total. The number of imide groups is 2. The largest absolute Gasteiger partial charge is 0.298 e. The number of aldehydes is 1. The van der Waals surface area contributed by atoms with E-state index in [1.54, 1.807) is 12.1 Å². The normalized spacial score (nSPS) is 14.2. The van der Waals surface area contributed by atoms with Crippen LogP contribution in [0, 0.1) is 0 Å². The minimum absolute atomic E-state index is 0.0413. The molecular weight excluding hydrogens is 769 g/mol. The van der Waals surface area contributed by atoms with Crippen LogP contribution in [0.3, 0.4) is 0 Å². The van der Waals surface area contributed by atoms with Gasteiger partial charge in [-0.05, 0) is 114 Å². The molecule has 0 saturated carbocycles. The van der Waals surface area contributed by atoms with Gasteiger partial charge in [0.1, 0.15) is 6.29 Å². The van der Waals surface area contributed by atoms with E-state index in [1.807, 2.05) is 91.0 Å². The van der Waals surface area contributed by atoms with Crippen molar-refractivity contribution < 1.29 is 24.0 Å². The van der Waals surface area contributed by atoms with Crippen molar-refractivity contribution in [3.8, 4) is 11.1 Å². The zero-order chi connectivity index (χ0) is 43.6. The predicted octanol–water partition coefficient (Wildman–Crippen LogP) is 13.3. The number of fused-ring (bicyclic) bond motifs is 2. The van der Waals surface area contributed by atoms with Gasteiger partial charge in [-0.2, -0.15) is 0 Å². The van der Waals surface area contributed by atoms with Gasteiger partial charge in [0, 0.05) is 38.6 Å². The first-order chi connectivity index (χ1) is 29.7. The summed E-state index contributed by atoms with van der Waals surface area (Å²) in [4.78, 5) is 74.8. The van der Waals surface area contributed by atoms with Crippen molar-refractivity contribution in [2.75, 3.05) is 9.80 Å². The molecule has 7 nitrogen and oxygen atoms in total. The Kier molecular flexibility index (Phi) is 8.86. The van der Waals surface area contributed by atoms with E-state index < -0.39 is 5.91 Å². The number of anilines is 2. The number of rotatable bonds is 8. The Morgan fingerprint density at radius 2 is 0.774 bits per heavy atom. The van der Waals surface area contributed by atoms with Gasteiger partial charge in [0.15, 0.2) is 0 Å². The lowest BCUT2D eigenvalue weighted by atomic mass is 9.79. The van der Waals surface area contributed by atoms with Crippen LogP contribution in [-0.2, 0) is 0 Å². The summed E-state index contributed by atoms with van der Waals surface area (Å²) < 4.78 is 0. The molecule has 0 bridgehead atoms. The maximum atomic E-state index is 15.3. The Balaban J connectivity index is 1.30. The molecule has 0 radical (unpaired) electrons. The standard InChI is InChI=1S/C55H46N2O5/c1-27(2)33-11-9-12-34(28(3)4)50(33)56-52(59)40-22-19-37-38-20-23-42-48-44(55(62)57(54(42)61)51-35(29(5)6)13-10-14-36(51)30(7)8)25-43(32-17-15-31(26-58)16-18-32)46(49(38)48)39-21-24-41(53(56)60)47(40)45(37)39/h9-30H,1-8H3. The Hall–Kier alpha value is -6.99. The van der Waals surface area contributed by atoms with Gasteiger partial charge in [-0.1, -0.05) is 134 Å². The minimum atomic E-state index is -0.401. The van der Waals surface area contributed by atoms with Crippen LogP contribution in [0.25, 0.3) is 54.2 Å². The van der Waals surface area contributed by atoms with Crippen molar-refractivity contribution in [2.24, 2.45) is 0 Å². The first-order valence-electron chi connectivity index (χ1n) is 21.6. The molecule has 0 saturated heterocycles. The SMILES string of the molecule is CC(C)c1cccc(C(C)C)c1N1C(=O)c2ccc3c4ccc5c6c(cc(-c7ccc(C=O)cc7)c(c7ccc(c2c37)C1=O)c64)C(=O)N(c1c(C(C)C)cccc1C(C)C)C5=O. The van der Waals surface area contributed by atoms with Crippen molar-refractivity contribution in [1.29, 1.82) is 0 Å². The number of hydrogen-bond acceptors (Lipinski definition) is 5. The summed E-state index contributed by atoms with van der Waals surface area (Å²) in [6.45, 7) is 16.6. The van der Waals surface area contributed by atoms with Gasteiger partial charge in [0.25, 0.3) is 23.6 Å². The van der Waals surface area contributed by atoms with E-state index in [0.717, 1.165) is 72.0 Å². The lowest BCUT2D eigenvalue weighted by Crippen LogP contribution is -2.42. The number of carbonyl (C=O) groups is 5. The molecule has 8 aromatic carbocycles. The van der Waals surface area contributed by atoms with Crippen LogP contribution in [0.5, 0.6) is 0 Å². The molecule has 0 spiro atoms. The van der Waals surface area contributed by atoms with Crippen molar-refractivity contribution >= 4 is 84.4 Å². The molecule has 0 unspecified atom stereocenters. The maximum absolute atomic E-state index is 15.3. The molecule has 4 amide bonds. The molecule has 0 aromatic heterocycles. The van der Waals surface area contributed by atoms with E-state index in [2.05, 4.69) is 55.4 Å². The predicted molar refractivity (Wildman–Crippen MR) is 250 cm³/mol. The fourth-order valence-electron chi connectivity index (χ4n) is 10.3. The Morgan fingerprint density at radius 3 is 1.19 bits per heavy atom.